The van der Waals surface area contributed by atoms with Gasteiger partial charge in [0.1, 0.15) is 0 Å². The van der Waals surface area contributed by atoms with Crippen LogP contribution in [-0.2, 0) is 11.2 Å². The fourth-order valence-corrected chi connectivity index (χ4v) is 2.74. The summed E-state index contributed by atoms with van der Waals surface area (Å²) in [6, 6.07) is 9.79. The zero-order valence-corrected chi connectivity index (χ0v) is 11.9. The summed E-state index contributed by atoms with van der Waals surface area (Å²) >= 11 is 0. The molecule has 1 aromatic heterocycles. The molecule has 0 unspecified atom stereocenters. The number of aromatic nitrogens is 2. The van der Waals surface area contributed by atoms with Crippen LogP contribution in [0, 0.1) is 0 Å². The third-order valence-corrected chi connectivity index (χ3v) is 3.85. The predicted octanol–water partition coefficient (Wildman–Crippen LogP) is 3.30. The Morgan fingerprint density at radius 1 is 1.14 bits per heavy atom. The van der Waals surface area contributed by atoms with Gasteiger partial charge in [-0.05, 0) is 18.4 Å². The van der Waals surface area contributed by atoms with Crippen LogP contribution in [0.3, 0.4) is 0 Å². The lowest BCUT2D eigenvalue weighted by atomic mass is 9.89. The minimum atomic E-state index is -0.139. The van der Waals surface area contributed by atoms with Crippen LogP contribution >= 0.6 is 0 Å². The molecule has 1 aliphatic carbocycles. The first-order chi connectivity index (χ1) is 10.3. The van der Waals surface area contributed by atoms with Gasteiger partial charge in [0, 0.05) is 5.92 Å². The SMILES string of the molecule is O=C(Cc1ccccc1)Nc1nnc(C2CCCCC2)o1. The zero-order chi connectivity index (χ0) is 14.5. The van der Waals surface area contributed by atoms with Crippen molar-refractivity contribution in [1.82, 2.24) is 10.2 Å². The van der Waals surface area contributed by atoms with E-state index in [0.717, 1.165) is 18.4 Å². The van der Waals surface area contributed by atoms with Crippen molar-refractivity contribution in [3.05, 3.63) is 41.8 Å². The standard InChI is InChI=1S/C16H19N3O2/c20-14(11-12-7-3-1-4-8-12)17-16-19-18-15(21-16)13-9-5-2-6-10-13/h1,3-4,7-8,13H,2,5-6,9-11H2,(H,17,19,20). The van der Waals surface area contributed by atoms with E-state index in [9.17, 15) is 4.79 Å². The quantitative estimate of drug-likeness (QED) is 0.935. The molecule has 1 aliphatic rings. The van der Waals surface area contributed by atoms with E-state index in [4.69, 9.17) is 4.42 Å². The van der Waals surface area contributed by atoms with Gasteiger partial charge in [-0.15, -0.1) is 5.10 Å². The second kappa shape index (κ2) is 6.52. The first-order valence-electron chi connectivity index (χ1n) is 7.48. The van der Waals surface area contributed by atoms with E-state index < -0.39 is 0 Å². The minimum absolute atomic E-state index is 0.139. The molecule has 0 bridgehead atoms. The Balaban J connectivity index is 1.57. The van der Waals surface area contributed by atoms with E-state index in [0.29, 0.717) is 18.2 Å². The molecule has 5 nitrogen and oxygen atoms in total. The number of hydrogen-bond acceptors (Lipinski definition) is 4. The fraction of sp³-hybridized carbons (Fsp3) is 0.438. The Kier molecular flexibility index (Phi) is 4.28. The molecule has 21 heavy (non-hydrogen) atoms. The largest absolute Gasteiger partial charge is 0.408 e. The number of amides is 1. The summed E-state index contributed by atoms with van der Waals surface area (Å²) in [5.41, 5.74) is 0.960. The first kappa shape index (κ1) is 13.8. The van der Waals surface area contributed by atoms with Gasteiger partial charge in [-0.2, -0.15) is 0 Å². The lowest BCUT2D eigenvalue weighted by Gasteiger charge is -2.17. The van der Waals surface area contributed by atoms with Crippen LogP contribution in [0.5, 0.6) is 0 Å². The first-order valence-corrected chi connectivity index (χ1v) is 7.48. The van der Waals surface area contributed by atoms with Crippen molar-refractivity contribution in [1.29, 1.82) is 0 Å². The molecule has 0 radical (unpaired) electrons. The van der Waals surface area contributed by atoms with Crippen molar-refractivity contribution < 1.29 is 9.21 Å². The molecule has 0 spiro atoms. The number of anilines is 1. The van der Waals surface area contributed by atoms with Gasteiger partial charge in [0.25, 0.3) is 0 Å². The summed E-state index contributed by atoms with van der Waals surface area (Å²) in [6.45, 7) is 0. The van der Waals surface area contributed by atoms with Crippen LogP contribution in [-0.4, -0.2) is 16.1 Å². The van der Waals surface area contributed by atoms with E-state index in [-0.39, 0.29) is 11.9 Å². The van der Waals surface area contributed by atoms with Gasteiger partial charge in [0.05, 0.1) is 6.42 Å². The average Bonchev–Trinajstić information content (AvgIpc) is 2.97. The Morgan fingerprint density at radius 3 is 2.67 bits per heavy atom. The second-order valence-corrected chi connectivity index (χ2v) is 5.49. The molecule has 1 amide bonds. The van der Waals surface area contributed by atoms with Crippen molar-refractivity contribution >= 4 is 11.9 Å². The molecule has 1 saturated carbocycles. The Morgan fingerprint density at radius 2 is 1.90 bits per heavy atom. The molecule has 5 heteroatoms. The summed E-state index contributed by atoms with van der Waals surface area (Å²) in [4.78, 5) is 11.9. The lowest BCUT2D eigenvalue weighted by molar-refractivity contribution is -0.115. The van der Waals surface area contributed by atoms with Gasteiger partial charge in [-0.1, -0.05) is 54.7 Å². The number of hydrogen-bond donors (Lipinski definition) is 1. The molecule has 0 atom stereocenters. The fourth-order valence-electron chi connectivity index (χ4n) is 2.74. The highest BCUT2D eigenvalue weighted by Gasteiger charge is 2.21. The van der Waals surface area contributed by atoms with E-state index in [1.165, 1.54) is 19.3 Å². The molecule has 0 aliphatic heterocycles. The highest BCUT2D eigenvalue weighted by molar-refractivity contribution is 5.90. The van der Waals surface area contributed by atoms with Gasteiger partial charge in [0.2, 0.25) is 11.8 Å². The lowest BCUT2D eigenvalue weighted by Crippen LogP contribution is -2.14. The Bertz CT molecular complexity index is 589. The van der Waals surface area contributed by atoms with Crippen LogP contribution in [0.2, 0.25) is 0 Å². The van der Waals surface area contributed by atoms with Gasteiger partial charge in [0.15, 0.2) is 0 Å². The molecule has 1 aromatic carbocycles. The summed E-state index contributed by atoms with van der Waals surface area (Å²) in [6.07, 6.45) is 6.21. The van der Waals surface area contributed by atoms with Crippen LogP contribution < -0.4 is 5.32 Å². The Labute approximate surface area is 123 Å². The minimum Gasteiger partial charge on any atom is -0.408 e. The number of nitrogens with zero attached hydrogens (tertiary/aromatic N) is 2. The summed E-state index contributed by atoms with van der Waals surface area (Å²) in [5.74, 6) is 0.871. The maximum Gasteiger partial charge on any atom is 0.322 e. The van der Waals surface area contributed by atoms with E-state index >= 15 is 0 Å². The number of carbonyl (C=O) groups excluding carboxylic acids is 1. The summed E-state index contributed by atoms with van der Waals surface area (Å²) in [7, 11) is 0. The average molecular weight is 285 g/mol. The normalized spacial score (nSPS) is 15.8. The Hall–Kier alpha value is -2.17. The van der Waals surface area contributed by atoms with Gasteiger partial charge >= 0.3 is 6.01 Å². The highest BCUT2D eigenvalue weighted by atomic mass is 16.4. The number of nitrogens with one attached hydrogen (secondary N) is 1. The maximum atomic E-state index is 11.9. The van der Waals surface area contributed by atoms with Gasteiger partial charge < -0.3 is 4.42 Å². The molecule has 1 N–H and O–H groups in total. The molecule has 1 fully saturated rings. The highest BCUT2D eigenvalue weighted by Crippen LogP contribution is 2.32. The maximum absolute atomic E-state index is 11.9. The van der Waals surface area contributed by atoms with Crippen LogP contribution in [0.4, 0.5) is 6.01 Å². The molecular formula is C16H19N3O2. The predicted molar refractivity (Wildman–Crippen MR) is 78.9 cm³/mol. The van der Waals surface area contributed by atoms with Crippen molar-refractivity contribution in [2.45, 2.75) is 44.4 Å². The molecule has 3 rings (SSSR count). The molecular weight excluding hydrogens is 266 g/mol. The van der Waals surface area contributed by atoms with Crippen molar-refractivity contribution in [3.63, 3.8) is 0 Å². The van der Waals surface area contributed by atoms with Crippen LogP contribution in [0.25, 0.3) is 0 Å². The smallest absolute Gasteiger partial charge is 0.322 e. The summed E-state index contributed by atoms with van der Waals surface area (Å²) < 4.78 is 5.58. The van der Waals surface area contributed by atoms with E-state index in [1.807, 2.05) is 30.3 Å². The zero-order valence-electron chi connectivity index (χ0n) is 11.9. The number of benzene rings is 1. The van der Waals surface area contributed by atoms with Crippen LogP contribution in [0.1, 0.15) is 49.5 Å². The van der Waals surface area contributed by atoms with E-state index in [1.54, 1.807) is 0 Å². The molecule has 0 saturated heterocycles. The third-order valence-electron chi connectivity index (χ3n) is 3.85. The number of rotatable bonds is 4. The second-order valence-electron chi connectivity index (χ2n) is 5.49. The molecule has 2 aromatic rings. The molecule has 1 heterocycles. The number of carbonyl (C=O) groups is 1. The topological polar surface area (TPSA) is 68.0 Å². The van der Waals surface area contributed by atoms with E-state index in [2.05, 4.69) is 15.5 Å². The van der Waals surface area contributed by atoms with Gasteiger partial charge in [-0.3, -0.25) is 10.1 Å². The van der Waals surface area contributed by atoms with Crippen molar-refractivity contribution in [3.8, 4) is 0 Å². The monoisotopic (exact) mass is 285 g/mol. The van der Waals surface area contributed by atoms with Crippen LogP contribution in [0.15, 0.2) is 34.7 Å². The van der Waals surface area contributed by atoms with Crippen molar-refractivity contribution in [2.75, 3.05) is 5.32 Å². The summed E-state index contributed by atoms with van der Waals surface area (Å²) in [5, 5.41) is 10.7. The van der Waals surface area contributed by atoms with Crippen molar-refractivity contribution in [2.24, 2.45) is 0 Å². The van der Waals surface area contributed by atoms with Gasteiger partial charge in [-0.25, -0.2) is 0 Å². The third kappa shape index (κ3) is 3.68. The molecule has 110 valence electrons.